The monoisotopic (exact) mass is 285 g/mol. The van der Waals surface area contributed by atoms with Crippen molar-refractivity contribution in [1.82, 2.24) is 4.72 Å². The zero-order valence-electron chi connectivity index (χ0n) is 11.3. The summed E-state index contributed by atoms with van der Waals surface area (Å²) < 4.78 is 27.0. The lowest BCUT2D eigenvalue weighted by molar-refractivity contribution is 0.0696. The van der Waals surface area contributed by atoms with Gasteiger partial charge in [0, 0.05) is 5.54 Å². The van der Waals surface area contributed by atoms with Crippen LogP contribution in [0.4, 0.5) is 0 Å². The fourth-order valence-electron chi connectivity index (χ4n) is 1.89. The largest absolute Gasteiger partial charge is 0.478 e. The summed E-state index contributed by atoms with van der Waals surface area (Å²) >= 11 is 0. The minimum absolute atomic E-state index is 0.0309. The molecule has 0 radical (unpaired) electrons. The van der Waals surface area contributed by atoms with E-state index >= 15 is 0 Å². The third kappa shape index (κ3) is 4.33. The van der Waals surface area contributed by atoms with Gasteiger partial charge in [-0.1, -0.05) is 19.4 Å². The highest BCUT2D eigenvalue weighted by Gasteiger charge is 2.25. The maximum atomic E-state index is 12.2. The van der Waals surface area contributed by atoms with Gasteiger partial charge in [-0.05, 0) is 38.5 Å². The Labute approximate surface area is 113 Å². The van der Waals surface area contributed by atoms with Gasteiger partial charge in [-0.2, -0.15) is 0 Å². The Hall–Kier alpha value is -1.40. The van der Waals surface area contributed by atoms with Gasteiger partial charge in [0.15, 0.2) is 0 Å². The van der Waals surface area contributed by atoms with Gasteiger partial charge in [0.05, 0.1) is 10.5 Å². The summed E-state index contributed by atoms with van der Waals surface area (Å²) in [5, 5.41) is 8.88. The average Bonchev–Trinajstić information content (AvgIpc) is 2.27. The van der Waals surface area contributed by atoms with Crippen molar-refractivity contribution >= 4 is 16.0 Å². The van der Waals surface area contributed by atoms with E-state index in [1.165, 1.54) is 18.2 Å². The molecule has 0 amide bonds. The maximum Gasteiger partial charge on any atom is 0.335 e. The van der Waals surface area contributed by atoms with Crippen molar-refractivity contribution in [3.8, 4) is 0 Å². The van der Waals surface area contributed by atoms with Gasteiger partial charge < -0.3 is 5.11 Å². The molecule has 0 heterocycles. The van der Waals surface area contributed by atoms with Crippen LogP contribution in [0.25, 0.3) is 0 Å². The SMILES string of the molecule is CCCC(C)(C)NS(=O)(=O)c1cccc(C(=O)O)c1. The number of rotatable bonds is 6. The highest BCUT2D eigenvalue weighted by Crippen LogP contribution is 2.18. The molecule has 2 N–H and O–H groups in total. The number of carboxylic acids is 1. The van der Waals surface area contributed by atoms with Crippen LogP contribution in [0, 0.1) is 0 Å². The first-order valence-corrected chi connectivity index (χ1v) is 7.53. The molecule has 0 saturated carbocycles. The fraction of sp³-hybridized carbons (Fsp3) is 0.462. The summed E-state index contributed by atoms with van der Waals surface area (Å²) in [5.41, 5.74) is -0.608. The number of sulfonamides is 1. The maximum absolute atomic E-state index is 12.2. The lowest BCUT2D eigenvalue weighted by Crippen LogP contribution is -2.43. The number of hydrogen-bond donors (Lipinski definition) is 2. The normalized spacial score (nSPS) is 12.4. The van der Waals surface area contributed by atoms with Crippen LogP contribution >= 0.6 is 0 Å². The molecule has 5 nitrogen and oxygen atoms in total. The summed E-state index contributed by atoms with van der Waals surface area (Å²) in [6.45, 7) is 5.57. The van der Waals surface area contributed by atoms with Gasteiger partial charge in [0.25, 0.3) is 0 Å². The van der Waals surface area contributed by atoms with E-state index in [-0.39, 0.29) is 10.5 Å². The molecule has 0 spiro atoms. The molecule has 0 bridgehead atoms. The zero-order chi connectivity index (χ0) is 14.7. The Morgan fingerprint density at radius 3 is 2.53 bits per heavy atom. The quantitative estimate of drug-likeness (QED) is 0.839. The second-order valence-electron chi connectivity index (χ2n) is 5.07. The predicted octanol–water partition coefficient (Wildman–Crippen LogP) is 2.24. The van der Waals surface area contributed by atoms with Crippen LogP contribution in [0.15, 0.2) is 29.2 Å². The second kappa shape index (κ2) is 5.71. The summed E-state index contributed by atoms with van der Waals surface area (Å²) in [4.78, 5) is 10.8. The van der Waals surface area contributed by atoms with Crippen LogP contribution in [-0.2, 0) is 10.0 Å². The number of hydrogen-bond acceptors (Lipinski definition) is 3. The minimum atomic E-state index is -3.71. The van der Waals surface area contributed by atoms with E-state index in [0.717, 1.165) is 12.5 Å². The summed E-state index contributed by atoms with van der Waals surface area (Å²) in [6, 6.07) is 5.33. The van der Waals surface area contributed by atoms with Gasteiger partial charge >= 0.3 is 5.97 Å². The number of carbonyl (C=O) groups is 1. The summed E-state index contributed by atoms with van der Waals surface area (Å²) in [5.74, 6) is -1.15. The molecule has 1 rings (SSSR count). The van der Waals surface area contributed by atoms with Crippen molar-refractivity contribution in [2.75, 3.05) is 0 Å². The molecule has 0 unspecified atom stereocenters. The fourth-order valence-corrected chi connectivity index (χ4v) is 3.38. The van der Waals surface area contributed by atoms with E-state index in [0.29, 0.717) is 6.42 Å². The van der Waals surface area contributed by atoms with Crippen LogP contribution in [0.2, 0.25) is 0 Å². The average molecular weight is 285 g/mol. The topological polar surface area (TPSA) is 83.5 Å². The van der Waals surface area contributed by atoms with Gasteiger partial charge in [-0.15, -0.1) is 0 Å². The molecule has 1 aromatic rings. The Bertz CT molecular complexity index is 564. The predicted molar refractivity (Wildman–Crippen MR) is 72.7 cm³/mol. The van der Waals surface area contributed by atoms with Gasteiger partial charge in [0.2, 0.25) is 10.0 Å². The Morgan fingerprint density at radius 2 is 2.00 bits per heavy atom. The molecule has 0 aromatic heterocycles. The summed E-state index contributed by atoms with van der Waals surface area (Å²) in [7, 11) is -3.71. The zero-order valence-corrected chi connectivity index (χ0v) is 12.1. The third-order valence-electron chi connectivity index (χ3n) is 2.68. The standard InChI is InChI=1S/C13H19NO4S/c1-4-8-13(2,3)14-19(17,18)11-7-5-6-10(9-11)12(15)16/h5-7,9,14H,4,8H2,1-3H3,(H,15,16). The van der Waals surface area contributed by atoms with Crippen LogP contribution < -0.4 is 4.72 Å². The third-order valence-corrected chi connectivity index (χ3v) is 4.37. The first-order chi connectivity index (χ1) is 8.68. The van der Waals surface area contributed by atoms with Gasteiger partial charge in [-0.3, -0.25) is 0 Å². The molecule has 0 aliphatic carbocycles. The van der Waals surface area contributed by atoms with E-state index in [2.05, 4.69) is 4.72 Å². The first kappa shape index (κ1) is 15.7. The van der Waals surface area contributed by atoms with Crippen molar-refractivity contribution in [2.45, 2.75) is 44.0 Å². The van der Waals surface area contributed by atoms with E-state index in [4.69, 9.17) is 5.11 Å². The molecule has 6 heteroatoms. The lowest BCUT2D eigenvalue weighted by Gasteiger charge is -2.25. The Morgan fingerprint density at radius 1 is 1.37 bits per heavy atom. The van der Waals surface area contributed by atoms with E-state index in [1.54, 1.807) is 13.8 Å². The van der Waals surface area contributed by atoms with E-state index < -0.39 is 21.5 Å². The minimum Gasteiger partial charge on any atom is -0.478 e. The van der Waals surface area contributed by atoms with Crippen LogP contribution in [0.5, 0.6) is 0 Å². The lowest BCUT2D eigenvalue weighted by atomic mass is 10.0. The highest BCUT2D eigenvalue weighted by atomic mass is 32.2. The molecule has 106 valence electrons. The molecule has 0 atom stereocenters. The number of benzene rings is 1. The van der Waals surface area contributed by atoms with E-state index in [9.17, 15) is 13.2 Å². The smallest absolute Gasteiger partial charge is 0.335 e. The first-order valence-electron chi connectivity index (χ1n) is 6.05. The van der Waals surface area contributed by atoms with Crippen molar-refractivity contribution in [3.63, 3.8) is 0 Å². The number of aromatic carboxylic acids is 1. The van der Waals surface area contributed by atoms with Crippen LogP contribution in [0.1, 0.15) is 44.0 Å². The van der Waals surface area contributed by atoms with Gasteiger partial charge in [-0.25, -0.2) is 17.9 Å². The van der Waals surface area contributed by atoms with Crippen molar-refractivity contribution in [1.29, 1.82) is 0 Å². The van der Waals surface area contributed by atoms with Crippen LogP contribution in [0.3, 0.4) is 0 Å². The Kier molecular flexibility index (Phi) is 4.70. The molecule has 19 heavy (non-hydrogen) atoms. The molecule has 0 aliphatic rings. The molecule has 0 aliphatic heterocycles. The van der Waals surface area contributed by atoms with Crippen LogP contribution in [-0.4, -0.2) is 25.0 Å². The highest BCUT2D eigenvalue weighted by molar-refractivity contribution is 7.89. The molecule has 1 aromatic carbocycles. The molecular weight excluding hydrogens is 266 g/mol. The van der Waals surface area contributed by atoms with Crippen molar-refractivity contribution < 1.29 is 18.3 Å². The van der Waals surface area contributed by atoms with Gasteiger partial charge in [0.1, 0.15) is 0 Å². The Balaban J connectivity index is 3.07. The number of nitrogens with one attached hydrogen (secondary N) is 1. The van der Waals surface area contributed by atoms with Crippen molar-refractivity contribution in [3.05, 3.63) is 29.8 Å². The second-order valence-corrected chi connectivity index (χ2v) is 6.75. The molecule has 0 saturated heterocycles. The molecule has 0 fully saturated rings. The number of carboxylic acid groups (broad SMARTS) is 1. The van der Waals surface area contributed by atoms with E-state index in [1.807, 2.05) is 6.92 Å². The summed E-state index contributed by atoms with van der Waals surface area (Å²) in [6.07, 6.45) is 1.55. The molecular formula is C13H19NO4S. The van der Waals surface area contributed by atoms with Crippen molar-refractivity contribution in [2.24, 2.45) is 0 Å².